The maximum absolute atomic E-state index is 12.4. The number of aliphatic hydroxyl groups excluding tert-OH is 1. The third-order valence-electron chi connectivity index (χ3n) is 5.09. The highest BCUT2D eigenvalue weighted by Gasteiger charge is 2.47. The summed E-state index contributed by atoms with van der Waals surface area (Å²) in [6, 6.07) is 1.96. The number of fused-ring (bicyclic) bond motifs is 2. The first kappa shape index (κ1) is 14.6. The number of amides is 1. The molecule has 2 fully saturated rings. The first-order chi connectivity index (χ1) is 10.1. The quantitative estimate of drug-likeness (QED) is 0.773. The molecule has 0 aromatic carbocycles. The van der Waals surface area contributed by atoms with Gasteiger partial charge in [0.2, 0.25) is 0 Å². The van der Waals surface area contributed by atoms with Crippen LogP contribution in [-0.2, 0) is 6.42 Å². The van der Waals surface area contributed by atoms with E-state index in [1.807, 2.05) is 6.07 Å². The standard InChI is InChI=1S/C16H25N3O2/c1-9(2)5-12-7-14(19-18-12)16(21)17-15-11-4-3-10(6-11)13(15)8-20/h7,9-11,13,15,20H,3-6,8H2,1-2H3,(H,17,21)(H,18,19). The lowest BCUT2D eigenvalue weighted by Crippen LogP contribution is -2.45. The predicted octanol–water partition coefficient (Wildman–Crippen LogP) is 1.74. The van der Waals surface area contributed by atoms with Crippen molar-refractivity contribution in [3.8, 4) is 0 Å². The molecule has 4 unspecified atom stereocenters. The first-order valence-corrected chi connectivity index (χ1v) is 8.04. The Hall–Kier alpha value is -1.36. The molecule has 1 amide bonds. The number of carbonyl (C=O) groups excluding carboxylic acids is 1. The highest BCUT2D eigenvalue weighted by molar-refractivity contribution is 5.92. The Labute approximate surface area is 125 Å². The SMILES string of the molecule is CC(C)Cc1cc(C(=O)NC2C3CCC(C3)C2CO)n[nH]1. The maximum Gasteiger partial charge on any atom is 0.272 e. The van der Waals surface area contributed by atoms with Gasteiger partial charge in [-0.3, -0.25) is 9.89 Å². The predicted molar refractivity (Wildman–Crippen MR) is 79.8 cm³/mol. The van der Waals surface area contributed by atoms with Crippen LogP contribution < -0.4 is 5.32 Å². The molecule has 2 bridgehead atoms. The minimum atomic E-state index is -0.114. The van der Waals surface area contributed by atoms with Gasteiger partial charge in [-0.1, -0.05) is 13.8 Å². The number of hydrogen-bond donors (Lipinski definition) is 3. The monoisotopic (exact) mass is 291 g/mol. The molecule has 2 aliphatic rings. The van der Waals surface area contributed by atoms with E-state index >= 15 is 0 Å². The van der Waals surface area contributed by atoms with Gasteiger partial charge >= 0.3 is 0 Å². The Bertz CT molecular complexity index is 511. The van der Waals surface area contributed by atoms with Crippen molar-refractivity contribution in [1.29, 1.82) is 0 Å². The van der Waals surface area contributed by atoms with Crippen molar-refractivity contribution in [1.82, 2.24) is 15.5 Å². The van der Waals surface area contributed by atoms with Crippen LogP contribution in [-0.4, -0.2) is 33.9 Å². The van der Waals surface area contributed by atoms with Crippen LogP contribution in [0, 0.1) is 23.7 Å². The van der Waals surface area contributed by atoms with Crippen LogP contribution in [0.5, 0.6) is 0 Å². The van der Waals surface area contributed by atoms with Crippen LogP contribution in [0.25, 0.3) is 0 Å². The largest absolute Gasteiger partial charge is 0.396 e. The molecule has 0 saturated heterocycles. The summed E-state index contributed by atoms with van der Waals surface area (Å²) in [6.45, 7) is 4.45. The second-order valence-corrected chi connectivity index (χ2v) is 7.06. The zero-order valence-electron chi connectivity index (χ0n) is 12.8. The Morgan fingerprint density at radius 3 is 2.95 bits per heavy atom. The molecule has 5 nitrogen and oxygen atoms in total. The second-order valence-electron chi connectivity index (χ2n) is 7.06. The maximum atomic E-state index is 12.4. The van der Waals surface area contributed by atoms with Gasteiger partial charge in [0.25, 0.3) is 5.91 Å². The van der Waals surface area contributed by atoms with Crippen molar-refractivity contribution < 1.29 is 9.90 Å². The van der Waals surface area contributed by atoms with Gasteiger partial charge < -0.3 is 10.4 Å². The summed E-state index contributed by atoms with van der Waals surface area (Å²) in [5, 5.41) is 19.8. The lowest BCUT2D eigenvalue weighted by Gasteiger charge is -2.30. The molecule has 1 aromatic rings. The molecular formula is C16H25N3O2. The number of carbonyl (C=O) groups is 1. The molecule has 2 aliphatic carbocycles. The smallest absolute Gasteiger partial charge is 0.272 e. The Morgan fingerprint density at radius 1 is 1.48 bits per heavy atom. The topological polar surface area (TPSA) is 78.0 Å². The zero-order valence-corrected chi connectivity index (χ0v) is 12.8. The van der Waals surface area contributed by atoms with E-state index in [-0.39, 0.29) is 24.5 Å². The molecule has 3 N–H and O–H groups in total. The van der Waals surface area contributed by atoms with Crippen LogP contribution in [0.1, 0.15) is 49.3 Å². The number of aromatic amines is 1. The summed E-state index contributed by atoms with van der Waals surface area (Å²) in [7, 11) is 0. The van der Waals surface area contributed by atoms with Crippen LogP contribution >= 0.6 is 0 Å². The van der Waals surface area contributed by atoms with Gasteiger partial charge in [0, 0.05) is 24.3 Å². The number of H-pyrrole nitrogens is 1. The van der Waals surface area contributed by atoms with Gasteiger partial charge in [0.1, 0.15) is 5.69 Å². The fourth-order valence-electron chi connectivity index (χ4n) is 4.15. The van der Waals surface area contributed by atoms with E-state index in [1.54, 1.807) is 0 Å². The van der Waals surface area contributed by atoms with Gasteiger partial charge in [-0.2, -0.15) is 5.10 Å². The van der Waals surface area contributed by atoms with E-state index in [0.717, 1.165) is 18.5 Å². The number of aliphatic hydroxyl groups is 1. The fourth-order valence-corrected chi connectivity index (χ4v) is 4.15. The van der Waals surface area contributed by atoms with E-state index in [9.17, 15) is 9.90 Å². The molecule has 21 heavy (non-hydrogen) atoms. The molecule has 0 aliphatic heterocycles. The van der Waals surface area contributed by atoms with E-state index in [4.69, 9.17) is 0 Å². The number of nitrogens with zero attached hydrogens (tertiary/aromatic N) is 1. The highest BCUT2D eigenvalue weighted by atomic mass is 16.3. The molecule has 116 valence electrons. The molecule has 2 saturated carbocycles. The third-order valence-corrected chi connectivity index (χ3v) is 5.09. The summed E-state index contributed by atoms with van der Waals surface area (Å²) in [4.78, 5) is 12.4. The van der Waals surface area contributed by atoms with Crippen molar-refractivity contribution in [2.45, 2.75) is 45.6 Å². The van der Waals surface area contributed by atoms with E-state index in [0.29, 0.717) is 23.4 Å². The summed E-state index contributed by atoms with van der Waals surface area (Å²) >= 11 is 0. The Kier molecular flexibility index (Phi) is 4.02. The van der Waals surface area contributed by atoms with Gasteiger partial charge in [0.05, 0.1) is 0 Å². The third kappa shape index (κ3) is 2.84. The summed E-state index contributed by atoms with van der Waals surface area (Å²) < 4.78 is 0. The number of rotatable bonds is 5. The molecule has 0 spiro atoms. The molecule has 1 aromatic heterocycles. The molecular weight excluding hydrogens is 266 g/mol. The van der Waals surface area contributed by atoms with Crippen molar-refractivity contribution >= 4 is 5.91 Å². The van der Waals surface area contributed by atoms with E-state index in [1.165, 1.54) is 12.8 Å². The van der Waals surface area contributed by atoms with Gasteiger partial charge in [-0.05, 0) is 49.5 Å². The van der Waals surface area contributed by atoms with Crippen LogP contribution in [0.2, 0.25) is 0 Å². The lowest BCUT2D eigenvalue weighted by molar-refractivity contribution is 0.0856. The van der Waals surface area contributed by atoms with Crippen molar-refractivity contribution in [2.24, 2.45) is 23.7 Å². The summed E-state index contributed by atoms with van der Waals surface area (Å²) in [5.41, 5.74) is 1.46. The van der Waals surface area contributed by atoms with Gasteiger partial charge in [-0.25, -0.2) is 0 Å². The average Bonchev–Trinajstić information content (AvgIpc) is 3.13. The second kappa shape index (κ2) is 5.79. The Balaban J connectivity index is 1.64. The van der Waals surface area contributed by atoms with Crippen LogP contribution in [0.15, 0.2) is 6.07 Å². The number of hydrogen-bond acceptors (Lipinski definition) is 3. The molecule has 4 atom stereocenters. The Morgan fingerprint density at radius 2 is 2.24 bits per heavy atom. The van der Waals surface area contributed by atoms with Gasteiger partial charge in [0.15, 0.2) is 0 Å². The minimum absolute atomic E-state index is 0.114. The van der Waals surface area contributed by atoms with Crippen molar-refractivity contribution in [3.05, 3.63) is 17.5 Å². The minimum Gasteiger partial charge on any atom is -0.396 e. The average molecular weight is 291 g/mol. The van der Waals surface area contributed by atoms with Crippen molar-refractivity contribution in [2.75, 3.05) is 6.61 Å². The first-order valence-electron chi connectivity index (χ1n) is 8.04. The molecule has 5 heteroatoms. The summed E-state index contributed by atoms with van der Waals surface area (Å²) in [6.07, 6.45) is 4.41. The fraction of sp³-hybridized carbons (Fsp3) is 0.750. The van der Waals surface area contributed by atoms with E-state index in [2.05, 4.69) is 29.4 Å². The molecule has 3 rings (SSSR count). The summed E-state index contributed by atoms with van der Waals surface area (Å²) in [5.74, 6) is 1.76. The number of nitrogens with one attached hydrogen (secondary N) is 2. The van der Waals surface area contributed by atoms with Crippen molar-refractivity contribution in [3.63, 3.8) is 0 Å². The highest BCUT2D eigenvalue weighted by Crippen LogP contribution is 2.48. The van der Waals surface area contributed by atoms with Crippen LogP contribution in [0.4, 0.5) is 0 Å². The normalized spacial score (nSPS) is 31.0. The van der Waals surface area contributed by atoms with Crippen LogP contribution in [0.3, 0.4) is 0 Å². The number of aromatic nitrogens is 2. The molecule has 1 heterocycles. The zero-order chi connectivity index (χ0) is 15.0. The lowest BCUT2D eigenvalue weighted by atomic mass is 9.85. The molecule has 0 radical (unpaired) electrons. The van der Waals surface area contributed by atoms with E-state index < -0.39 is 0 Å². The van der Waals surface area contributed by atoms with Gasteiger partial charge in [-0.15, -0.1) is 0 Å².